The maximum Gasteiger partial charge on any atom is 0.164 e. The summed E-state index contributed by atoms with van der Waals surface area (Å²) in [5.74, 6) is 1.82. The monoisotopic (exact) mass is 703 g/mol. The van der Waals surface area contributed by atoms with Crippen molar-refractivity contribution in [2.45, 2.75) is 0 Å². The van der Waals surface area contributed by atoms with Crippen molar-refractivity contribution in [2.24, 2.45) is 0 Å². The van der Waals surface area contributed by atoms with Crippen LogP contribution in [0.2, 0.25) is 0 Å². The van der Waals surface area contributed by atoms with Crippen molar-refractivity contribution in [2.75, 3.05) is 0 Å². The molecule has 4 heteroatoms. The van der Waals surface area contributed by atoms with Crippen LogP contribution in [0.4, 0.5) is 0 Å². The molecule has 2 aromatic heterocycles. The van der Waals surface area contributed by atoms with Crippen LogP contribution < -0.4 is 0 Å². The van der Waals surface area contributed by atoms with Crippen LogP contribution in [0.3, 0.4) is 0 Å². The van der Waals surface area contributed by atoms with E-state index in [2.05, 4.69) is 152 Å². The van der Waals surface area contributed by atoms with Gasteiger partial charge in [-0.2, -0.15) is 0 Å². The van der Waals surface area contributed by atoms with Gasteiger partial charge >= 0.3 is 0 Å². The maximum atomic E-state index is 6.47. The third-order valence-electron chi connectivity index (χ3n) is 10.2. The SMILES string of the molecule is c1ccc(-c2ccc(-c3nc(-c4ccccc4)nc(-c4cccc5oc6ccc(-c7cccc(-c8cccc(-c9ccccc9)c8)c7)cc6c45)n3)cc2)cc1. The van der Waals surface area contributed by atoms with Crippen molar-refractivity contribution in [1.29, 1.82) is 0 Å². The first kappa shape index (κ1) is 32.2. The molecule has 8 aromatic carbocycles. The van der Waals surface area contributed by atoms with E-state index in [9.17, 15) is 0 Å². The quantitative estimate of drug-likeness (QED) is 0.166. The molecule has 258 valence electrons. The lowest BCUT2D eigenvalue weighted by atomic mass is 9.95. The molecule has 0 spiro atoms. The number of aromatic nitrogens is 3. The normalized spacial score (nSPS) is 11.3. The van der Waals surface area contributed by atoms with Gasteiger partial charge in [-0.1, -0.05) is 170 Å². The standard InChI is InChI=1S/C51H33N3O/c1-4-13-34(14-5-1)36-25-27-38(28-26-36)50-52-49(37-17-8-3-9-18-37)53-51(54-50)44-23-12-24-47-48(44)45-33-43(29-30-46(45)55-47)42-22-11-21-41(32-42)40-20-10-19-39(31-40)35-15-6-2-7-16-35/h1-33H. The molecule has 10 aromatic rings. The zero-order valence-corrected chi connectivity index (χ0v) is 29.8. The molecule has 0 fully saturated rings. The van der Waals surface area contributed by atoms with E-state index in [1.165, 1.54) is 16.7 Å². The number of nitrogens with zero attached hydrogens (tertiary/aromatic N) is 3. The van der Waals surface area contributed by atoms with Gasteiger partial charge in [0, 0.05) is 27.5 Å². The highest BCUT2D eigenvalue weighted by atomic mass is 16.3. The second-order valence-electron chi connectivity index (χ2n) is 13.6. The molecule has 0 unspecified atom stereocenters. The maximum absolute atomic E-state index is 6.47. The molecule has 0 amide bonds. The van der Waals surface area contributed by atoms with Gasteiger partial charge in [0.1, 0.15) is 11.2 Å². The number of hydrogen-bond acceptors (Lipinski definition) is 4. The van der Waals surface area contributed by atoms with Gasteiger partial charge in [-0.15, -0.1) is 0 Å². The summed E-state index contributed by atoms with van der Waals surface area (Å²) in [6.07, 6.45) is 0. The van der Waals surface area contributed by atoms with E-state index < -0.39 is 0 Å². The largest absolute Gasteiger partial charge is 0.456 e. The van der Waals surface area contributed by atoms with Crippen LogP contribution >= 0.6 is 0 Å². The molecule has 0 radical (unpaired) electrons. The Hall–Kier alpha value is -7.43. The Morgan fingerprint density at radius 1 is 0.273 bits per heavy atom. The Kier molecular flexibility index (Phi) is 8.12. The highest BCUT2D eigenvalue weighted by molar-refractivity contribution is 6.12. The van der Waals surface area contributed by atoms with E-state index >= 15 is 0 Å². The first-order valence-corrected chi connectivity index (χ1v) is 18.4. The summed E-state index contributed by atoms with van der Waals surface area (Å²) in [5, 5.41) is 1.98. The summed E-state index contributed by atoms with van der Waals surface area (Å²) in [6.45, 7) is 0. The molecule has 55 heavy (non-hydrogen) atoms. The third-order valence-corrected chi connectivity index (χ3v) is 10.2. The highest BCUT2D eigenvalue weighted by Crippen LogP contribution is 2.39. The molecule has 0 atom stereocenters. The summed E-state index contributed by atoms with van der Waals surface area (Å²) in [5.41, 5.74) is 13.6. The first-order chi connectivity index (χ1) is 27.2. The lowest BCUT2D eigenvalue weighted by molar-refractivity contribution is 0.669. The molecule has 0 N–H and O–H groups in total. The van der Waals surface area contributed by atoms with Gasteiger partial charge in [0.15, 0.2) is 17.5 Å². The Morgan fingerprint density at radius 3 is 1.27 bits per heavy atom. The van der Waals surface area contributed by atoms with Crippen molar-refractivity contribution in [3.8, 4) is 78.7 Å². The Labute approximate surface area is 319 Å². The molecule has 10 rings (SSSR count). The molecule has 0 saturated heterocycles. The average Bonchev–Trinajstić information content (AvgIpc) is 3.66. The summed E-state index contributed by atoms with van der Waals surface area (Å²) in [7, 11) is 0. The fourth-order valence-corrected chi connectivity index (χ4v) is 7.36. The zero-order chi connectivity index (χ0) is 36.6. The second kappa shape index (κ2) is 13.8. The second-order valence-corrected chi connectivity index (χ2v) is 13.6. The number of hydrogen-bond donors (Lipinski definition) is 0. The van der Waals surface area contributed by atoms with E-state index in [0.717, 1.165) is 66.4 Å². The van der Waals surface area contributed by atoms with E-state index in [1.54, 1.807) is 0 Å². The van der Waals surface area contributed by atoms with Crippen molar-refractivity contribution >= 4 is 21.9 Å². The smallest absolute Gasteiger partial charge is 0.164 e. The van der Waals surface area contributed by atoms with E-state index in [1.807, 2.05) is 48.5 Å². The molecule has 4 nitrogen and oxygen atoms in total. The lowest BCUT2D eigenvalue weighted by Gasteiger charge is -2.10. The summed E-state index contributed by atoms with van der Waals surface area (Å²) >= 11 is 0. The summed E-state index contributed by atoms with van der Waals surface area (Å²) < 4.78 is 6.47. The lowest BCUT2D eigenvalue weighted by Crippen LogP contribution is -2.00. The highest BCUT2D eigenvalue weighted by Gasteiger charge is 2.18. The number of rotatable bonds is 7. The molecular formula is C51H33N3O. The van der Waals surface area contributed by atoms with Crippen LogP contribution in [0, 0.1) is 0 Å². The van der Waals surface area contributed by atoms with Gasteiger partial charge in [0.05, 0.1) is 0 Å². The minimum absolute atomic E-state index is 0.593. The van der Waals surface area contributed by atoms with Crippen molar-refractivity contribution < 1.29 is 4.42 Å². The predicted molar refractivity (Wildman–Crippen MR) is 225 cm³/mol. The van der Waals surface area contributed by atoms with E-state index in [0.29, 0.717) is 17.5 Å². The van der Waals surface area contributed by atoms with Crippen LogP contribution in [-0.2, 0) is 0 Å². The Bertz CT molecular complexity index is 2950. The minimum atomic E-state index is 0.593. The average molecular weight is 704 g/mol. The van der Waals surface area contributed by atoms with Gasteiger partial charge in [-0.05, 0) is 74.8 Å². The van der Waals surface area contributed by atoms with E-state index in [4.69, 9.17) is 19.4 Å². The molecule has 0 aliphatic heterocycles. The molecule has 0 bridgehead atoms. The van der Waals surface area contributed by atoms with Crippen molar-refractivity contribution in [1.82, 2.24) is 15.0 Å². The molecule has 0 aliphatic rings. The van der Waals surface area contributed by atoms with Crippen LogP contribution in [0.5, 0.6) is 0 Å². The molecular weight excluding hydrogens is 671 g/mol. The molecule has 2 heterocycles. The van der Waals surface area contributed by atoms with Gasteiger partial charge in [-0.25, -0.2) is 15.0 Å². The third kappa shape index (κ3) is 6.26. The number of furan rings is 1. The van der Waals surface area contributed by atoms with E-state index in [-0.39, 0.29) is 0 Å². The van der Waals surface area contributed by atoms with Gasteiger partial charge in [-0.3, -0.25) is 0 Å². The van der Waals surface area contributed by atoms with Crippen molar-refractivity contribution in [3.05, 3.63) is 200 Å². The van der Waals surface area contributed by atoms with Crippen LogP contribution in [0.25, 0.3) is 101 Å². The van der Waals surface area contributed by atoms with Crippen molar-refractivity contribution in [3.63, 3.8) is 0 Å². The Morgan fingerprint density at radius 2 is 0.673 bits per heavy atom. The topological polar surface area (TPSA) is 51.8 Å². The number of benzene rings is 8. The molecule has 0 saturated carbocycles. The fraction of sp³-hybridized carbons (Fsp3) is 0. The van der Waals surface area contributed by atoms with Crippen LogP contribution in [0.15, 0.2) is 205 Å². The predicted octanol–water partition coefficient (Wildman–Crippen LogP) is 13.4. The summed E-state index contributed by atoms with van der Waals surface area (Å²) in [6, 6.07) is 69.4. The number of fused-ring (bicyclic) bond motifs is 3. The summed E-state index contributed by atoms with van der Waals surface area (Å²) in [4.78, 5) is 15.2. The molecule has 0 aliphatic carbocycles. The van der Waals surface area contributed by atoms with Gasteiger partial charge in [0.25, 0.3) is 0 Å². The zero-order valence-electron chi connectivity index (χ0n) is 29.8. The van der Waals surface area contributed by atoms with Crippen LogP contribution in [-0.4, -0.2) is 15.0 Å². The van der Waals surface area contributed by atoms with Gasteiger partial charge in [0.2, 0.25) is 0 Å². The first-order valence-electron chi connectivity index (χ1n) is 18.4. The Balaban J connectivity index is 1.08. The van der Waals surface area contributed by atoms with Gasteiger partial charge < -0.3 is 4.42 Å². The fourth-order valence-electron chi connectivity index (χ4n) is 7.36. The minimum Gasteiger partial charge on any atom is -0.456 e. The van der Waals surface area contributed by atoms with Crippen LogP contribution in [0.1, 0.15) is 0 Å².